The Morgan fingerprint density at radius 2 is 2.17 bits per heavy atom. The maximum Gasteiger partial charge on any atom is 0.223 e. The quantitative estimate of drug-likeness (QED) is 0.905. The zero-order valence-corrected chi connectivity index (χ0v) is 10.7. The molecular weight excluding hydrogens is 252 g/mol. The molecule has 0 spiro atoms. The molecule has 0 aliphatic rings. The second-order valence-corrected chi connectivity index (χ2v) is 4.42. The maximum absolute atomic E-state index is 10.9. The first-order chi connectivity index (χ1) is 8.58. The average Bonchev–Trinajstić information content (AvgIpc) is 2.64. The van der Waals surface area contributed by atoms with Crippen molar-refractivity contribution in [3.8, 4) is 0 Å². The van der Waals surface area contributed by atoms with Crippen LogP contribution >= 0.6 is 11.6 Å². The highest BCUT2D eigenvalue weighted by molar-refractivity contribution is 6.31. The Balaban J connectivity index is 2.23. The first kappa shape index (κ1) is 12.6. The van der Waals surface area contributed by atoms with Crippen molar-refractivity contribution in [3.05, 3.63) is 46.2 Å². The Morgan fingerprint density at radius 3 is 2.83 bits per heavy atom. The van der Waals surface area contributed by atoms with E-state index in [2.05, 4.69) is 10.3 Å². The molecule has 5 nitrogen and oxygen atoms in total. The number of benzene rings is 1. The van der Waals surface area contributed by atoms with Gasteiger partial charge in [-0.2, -0.15) is 0 Å². The van der Waals surface area contributed by atoms with Crippen molar-refractivity contribution in [2.45, 2.75) is 19.9 Å². The maximum atomic E-state index is 10.9. The van der Waals surface area contributed by atoms with Crippen molar-refractivity contribution in [3.63, 3.8) is 0 Å². The van der Waals surface area contributed by atoms with Crippen LogP contribution in [0.1, 0.15) is 17.0 Å². The number of aromatic nitrogens is 3. The molecule has 0 aliphatic heterocycles. The molecule has 6 heteroatoms. The van der Waals surface area contributed by atoms with E-state index < -0.39 is 5.91 Å². The number of hydrogen-bond donors (Lipinski definition) is 1. The normalized spacial score (nSPS) is 10.6. The van der Waals surface area contributed by atoms with Crippen LogP contribution in [0.25, 0.3) is 0 Å². The standard InChI is InChI=1S/C12H13ClN4O/c1-8-11(6-12(14)18)15-16-17(8)7-9-4-2-3-5-10(9)13/h2-5H,6-7H2,1H3,(H2,14,18). The Morgan fingerprint density at radius 1 is 1.44 bits per heavy atom. The fourth-order valence-corrected chi connectivity index (χ4v) is 1.86. The summed E-state index contributed by atoms with van der Waals surface area (Å²) in [5.74, 6) is -0.414. The van der Waals surface area contributed by atoms with Crippen LogP contribution < -0.4 is 5.73 Å². The van der Waals surface area contributed by atoms with Crippen molar-refractivity contribution in [1.82, 2.24) is 15.0 Å². The SMILES string of the molecule is Cc1c(CC(N)=O)nnn1Cc1ccccc1Cl. The van der Waals surface area contributed by atoms with E-state index in [9.17, 15) is 4.79 Å². The second kappa shape index (κ2) is 5.18. The van der Waals surface area contributed by atoms with Gasteiger partial charge in [-0.3, -0.25) is 4.79 Å². The van der Waals surface area contributed by atoms with Gasteiger partial charge in [-0.05, 0) is 18.6 Å². The largest absolute Gasteiger partial charge is 0.369 e. The predicted molar refractivity (Wildman–Crippen MR) is 68.2 cm³/mol. The van der Waals surface area contributed by atoms with Crippen molar-refractivity contribution in [2.24, 2.45) is 5.73 Å². The fraction of sp³-hybridized carbons (Fsp3) is 0.250. The molecule has 0 unspecified atom stereocenters. The minimum Gasteiger partial charge on any atom is -0.369 e. The van der Waals surface area contributed by atoms with Crippen LogP contribution in [0.4, 0.5) is 0 Å². The zero-order valence-electron chi connectivity index (χ0n) is 9.93. The van der Waals surface area contributed by atoms with E-state index in [0.717, 1.165) is 11.3 Å². The summed E-state index contributed by atoms with van der Waals surface area (Å²) in [6.45, 7) is 2.38. The molecule has 1 amide bonds. The summed E-state index contributed by atoms with van der Waals surface area (Å²) < 4.78 is 1.71. The Kier molecular flexibility index (Phi) is 3.62. The minimum absolute atomic E-state index is 0.106. The van der Waals surface area contributed by atoms with Gasteiger partial charge in [0.2, 0.25) is 5.91 Å². The lowest BCUT2D eigenvalue weighted by atomic mass is 10.2. The zero-order chi connectivity index (χ0) is 13.1. The van der Waals surface area contributed by atoms with Crippen LogP contribution in [-0.4, -0.2) is 20.9 Å². The number of nitrogens with zero attached hydrogens (tertiary/aromatic N) is 3. The third-order valence-corrected chi connectivity index (χ3v) is 3.07. The first-order valence-corrected chi connectivity index (χ1v) is 5.86. The van der Waals surface area contributed by atoms with Gasteiger partial charge < -0.3 is 5.73 Å². The van der Waals surface area contributed by atoms with Crippen LogP contribution in [0.3, 0.4) is 0 Å². The number of rotatable bonds is 4. The summed E-state index contributed by atoms with van der Waals surface area (Å²) in [4.78, 5) is 10.9. The third kappa shape index (κ3) is 2.68. The van der Waals surface area contributed by atoms with Gasteiger partial charge in [-0.15, -0.1) is 5.10 Å². The fourth-order valence-electron chi connectivity index (χ4n) is 1.66. The highest BCUT2D eigenvalue weighted by Crippen LogP contribution is 2.17. The summed E-state index contributed by atoms with van der Waals surface area (Å²) in [6.07, 6.45) is 0.106. The van der Waals surface area contributed by atoms with Crippen LogP contribution in [0.5, 0.6) is 0 Å². The minimum atomic E-state index is -0.414. The van der Waals surface area contributed by atoms with Crippen LogP contribution in [-0.2, 0) is 17.8 Å². The monoisotopic (exact) mass is 264 g/mol. The van der Waals surface area contributed by atoms with Crippen molar-refractivity contribution in [2.75, 3.05) is 0 Å². The molecule has 0 atom stereocenters. The highest BCUT2D eigenvalue weighted by atomic mass is 35.5. The molecule has 2 rings (SSSR count). The van der Waals surface area contributed by atoms with E-state index in [-0.39, 0.29) is 6.42 Å². The molecule has 0 saturated carbocycles. The topological polar surface area (TPSA) is 73.8 Å². The van der Waals surface area contributed by atoms with Crippen molar-refractivity contribution in [1.29, 1.82) is 0 Å². The number of hydrogen-bond acceptors (Lipinski definition) is 3. The first-order valence-electron chi connectivity index (χ1n) is 5.48. The third-order valence-electron chi connectivity index (χ3n) is 2.70. The van der Waals surface area contributed by atoms with Crippen LogP contribution in [0, 0.1) is 6.92 Å². The van der Waals surface area contributed by atoms with E-state index in [1.165, 1.54) is 0 Å². The molecule has 1 heterocycles. The molecule has 0 radical (unpaired) electrons. The van der Waals surface area contributed by atoms with Gasteiger partial charge in [0.15, 0.2) is 0 Å². The summed E-state index contributed by atoms with van der Waals surface area (Å²) in [5, 5.41) is 8.64. The molecule has 0 bridgehead atoms. The van der Waals surface area contributed by atoms with E-state index in [1.54, 1.807) is 4.68 Å². The summed E-state index contributed by atoms with van der Waals surface area (Å²) in [6, 6.07) is 7.54. The van der Waals surface area contributed by atoms with Gasteiger partial charge in [0.05, 0.1) is 24.4 Å². The summed E-state index contributed by atoms with van der Waals surface area (Å²) >= 11 is 6.08. The van der Waals surface area contributed by atoms with Gasteiger partial charge >= 0.3 is 0 Å². The lowest BCUT2D eigenvalue weighted by molar-refractivity contribution is -0.117. The van der Waals surface area contributed by atoms with Crippen LogP contribution in [0.2, 0.25) is 5.02 Å². The number of primary amides is 1. The molecular formula is C12H13ClN4O. The van der Waals surface area contributed by atoms with Crippen molar-refractivity contribution < 1.29 is 4.79 Å². The van der Waals surface area contributed by atoms with Gasteiger partial charge in [0, 0.05) is 5.02 Å². The predicted octanol–water partition coefficient (Wildman–Crippen LogP) is 1.32. The number of halogens is 1. The number of amides is 1. The Labute approximate surface area is 110 Å². The van der Waals surface area contributed by atoms with Crippen LogP contribution in [0.15, 0.2) is 24.3 Å². The highest BCUT2D eigenvalue weighted by Gasteiger charge is 2.11. The van der Waals surface area contributed by atoms with Gasteiger partial charge in [0.1, 0.15) is 0 Å². The van der Waals surface area contributed by atoms with Crippen molar-refractivity contribution >= 4 is 17.5 Å². The molecule has 1 aromatic carbocycles. The second-order valence-electron chi connectivity index (χ2n) is 4.01. The lowest BCUT2D eigenvalue weighted by Crippen LogP contribution is -2.15. The number of carbonyl (C=O) groups excluding carboxylic acids is 1. The lowest BCUT2D eigenvalue weighted by Gasteiger charge is -2.05. The number of carbonyl (C=O) groups is 1. The van der Waals surface area contributed by atoms with Gasteiger partial charge in [-0.1, -0.05) is 35.0 Å². The smallest absolute Gasteiger partial charge is 0.223 e. The molecule has 94 valence electrons. The molecule has 2 aromatic rings. The Hall–Kier alpha value is -1.88. The molecule has 2 N–H and O–H groups in total. The molecule has 0 fully saturated rings. The number of nitrogens with two attached hydrogens (primary N) is 1. The molecule has 18 heavy (non-hydrogen) atoms. The van der Waals surface area contributed by atoms with E-state index in [0.29, 0.717) is 17.3 Å². The average molecular weight is 265 g/mol. The van der Waals surface area contributed by atoms with E-state index >= 15 is 0 Å². The van der Waals surface area contributed by atoms with E-state index in [4.69, 9.17) is 17.3 Å². The molecule has 0 saturated heterocycles. The Bertz CT molecular complexity index is 579. The molecule has 1 aromatic heterocycles. The summed E-state index contributed by atoms with van der Waals surface area (Å²) in [5.41, 5.74) is 7.53. The summed E-state index contributed by atoms with van der Waals surface area (Å²) in [7, 11) is 0. The van der Waals surface area contributed by atoms with Gasteiger partial charge in [0.25, 0.3) is 0 Å². The molecule has 0 aliphatic carbocycles. The van der Waals surface area contributed by atoms with E-state index in [1.807, 2.05) is 31.2 Å². The van der Waals surface area contributed by atoms with Gasteiger partial charge in [-0.25, -0.2) is 4.68 Å².